The summed E-state index contributed by atoms with van der Waals surface area (Å²) in [6, 6.07) is 11.0. The average molecular weight is 385 g/mol. The van der Waals surface area contributed by atoms with E-state index < -0.39 is 27.9 Å². The molecule has 0 radical (unpaired) electrons. The molecule has 2 aromatic carbocycles. The Morgan fingerprint density at radius 1 is 1.15 bits per heavy atom. The fourth-order valence-corrected chi connectivity index (χ4v) is 2.46. The number of fused-ring (bicyclic) bond motifs is 1. The Hall–Kier alpha value is -2.52. The Morgan fingerprint density at radius 2 is 1.81 bits per heavy atom. The van der Waals surface area contributed by atoms with Crippen molar-refractivity contribution in [2.45, 2.75) is 11.7 Å². The first kappa shape index (κ1) is 19.8. The van der Waals surface area contributed by atoms with Gasteiger partial charge in [-0.3, -0.25) is 0 Å². The number of hydrogen-bond donors (Lipinski definition) is 0. The monoisotopic (exact) mass is 385 g/mol. The number of ether oxygens (including phenoxy) is 2. The highest BCUT2D eigenvalue weighted by molar-refractivity contribution is 7.87. The van der Waals surface area contributed by atoms with Crippen molar-refractivity contribution in [1.82, 2.24) is 0 Å². The fourth-order valence-electron chi connectivity index (χ4n) is 2.20. The van der Waals surface area contributed by atoms with Crippen LogP contribution in [0.5, 0.6) is 5.75 Å². The van der Waals surface area contributed by atoms with Crippen LogP contribution in [0, 0.1) is 0 Å². The number of carbonyl (C=O) groups excluding carboxylic acids is 1. The zero-order valence-electron chi connectivity index (χ0n) is 13.5. The van der Waals surface area contributed by atoms with Gasteiger partial charge < -0.3 is 14.0 Å². The highest BCUT2D eigenvalue weighted by atomic mass is 32.2. The SMILES string of the molecule is C=Cc1cccc2c(OCCCOC(=O)C(F)(F)S(=O)(=O)[O-])cccc12. The van der Waals surface area contributed by atoms with E-state index in [1.165, 1.54) is 0 Å². The molecule has 0 spiro atoms. The third-order valence-electron chi connectivity index (χ3n) is 3.47. The van der Waals surface area contributed by atoms with Gasteiger partial charge in [-0.2, -0.15) is 8.78 Å². The second kappa shape index (κ2) is 7.79. The standard InChI is InChI=1S/C17H16F2O6S/c1-2-12-6-3-8-14-13(12)7-4-9-15(14)24-10-5-11-25-16(20)17(18,19)26(21,22)23/h2-4,6-9H,1,5,10-11H2,(H,21,22,23)/p-1. The molecule has 0 aliphatic rings. The minimum Gasteiger partial charge on any atom is -0.743 e. The lowest BCUT2D eigenvalue weighted by atomic mass is 10.0. The van der Waals surface area contributed by atoms with Crippen molar-refractivity contribution in [2.75, 3.05) is 13.2 Å². The normalized spacial score (nSPS) is 12.0. The van der Waals surface area contributed by atoms with Gasteiger partial charge in [0.25, 0.3) is 0 Å². The number of alkyl halides is 2. The summed E-state index contributed by atoms with van der Waals surface area (Å²) in [6.07, 6.45) is 1.73. The molecule has 0 fully saturated rings. The fraction of sp³-hybridized carbons (Fsp3) is 0.235. The van der Waals surface area contributed by atoms with Gasteiger partial charge in [-0.15, -0.1) is 0 Å². The third-order valence-corrected chi connectivity index (χ3v) is 4.26. The van der Waals surface area contributed by atoms with E-state index >= 15 is 0 Å². The lowest BCUT2D eigenvalue weighted by Crippen LogP contribution is -2.39. The summed E-state index contributed by atoms with van der Waals surface area (Å²) in [5.41, 5.74) is 0.919. The van der Waals surface area contributed by atoms with Gasteiger partial charge in [-0.1, -0.05) is 43.0 Å². The van der Waals surface area contributed by atoms with Crippen LogP contribution >= 0.6 is 0 Å². The maximum atomic E-state index is 12.9. The molecule has 0 saturated heterocycles. The summed E-state index contributed by atoms with van der Waals surface area (Å²) < 4.78 is 66.5. The molecule has 26 heavy (non-hydrogen) atoms. The Bertz CT molecular complexity index is 924. The average Bonchev–Trinajstić information content (AvgIpc) is 2.59. The molecule has 0 N–H and O–H groups in total. The Labute approximate surface area is 148 Å². The van der Waals surface area contributed by atoms with Gasteiger partial charge in [0, 0.05) is 11.8 Å². The van der Waals surface area contributed by atoms with Gasteiger partial charge in [0.1, 0.15) is 5.75 Å². The third kappa shape index (κ3) is 4.17. The molecule has 0 heterocycles. The number of carbonyl (C=O) groups is 1. The molecule has 6 nitrogen and oxygen atoms in total. The van der Waals surface area contributed by atoms with E-state index in [-0.39, 0.29) is 13.0 Å². The highest BCUT2D eigenvalue weighted by Gasteiger charge is 2.48. The largest absolute Gasteiger partial charge is 0.743 e. The van der Waals surface area contributed by atoms with E-state index in [4.69, 9.17) is 4.74 Å². The van der Waals surface area contributed by atoms with E-state index in [0.717, 1.165) is 16.3 Å². The first-order valence-electron chi connectivity index (χ1n) is 7.46. The molecule has 0 saturated carbocycles. The second-order valence-corrected chi connectivity index (χ2v) is 6.63. The van der Waals surface area contributed by atoms with E-state index in [9.17, 15) is 26.5 Å². The van der Waals surface area contributed by atoms with Crippen LogP contribution < -0.4 is 4.74 Å². The van der Waals surface area contributed by atoms with E-state index in [0.29, 0.717) is 5.75 Å². The second-order valence-electron chi connectivity index (χ2n) is 5.21. The smallest absolute Gasteiger partial charge is 0.428 e. The van der Waals surface area contributed by atoms with E-state index in [1.807, 2.05) is 24.3 Å². The lowest BCUT2D eigenvalue weighted by molar-refractivity contribution is -0.161. The summed E-state index contributed by atoms with van der Waals surface area (Å²) in [5.74, 6) is -1.85. The summed E-state index contributed by atoms with van der Waals surface area (Å²) in [7, 11) is -6.12. The number of rotatable bonds is 8. The molecule has 0 unspecified atom stereocenters. The zero-order chi connectivity index (χ0) is 19.4. The first-order valence-corrected chi connectivity index (χ1v) is 8.87. The topological polar surface area (TPSA) is 92.7 Å². The lowest BCUT2D eigenvalue weighted by Gasteiger charge is -2.18. The van der Waals surface area contributed by atoms with Gasteiger partial charge in [0.05, 0.1) is 13.2 Å². The molecular formula is C17H15F2O6S-. The number of benzene rings is 2. The Balaban J connectivity index is 1.93. The Morgan fingerprint density at radius 3 is 2.46 bits per heavy atom. The molecule has 0 aliphatic heterocycles. The Kier molecular flexibility index (Phi) is 5.94. The van der Waals surface area contributed by atoms with Crippen LogP contribution in [0.4, 0.5) is 8.78 Å². The van der Waals surface area contributed by atoms with Crippen LogP contribution in [-0.2, 0) is 19.6 Å². The van der Waals surface area contributed by atoms with Crippen molar-refractivity contribution in [3.63, 3.8) is 0 Å². The first-order chi connectivity index (χ1) is 12.2. The predicted molar refractivity (Wildman–Crippen MR) is 89.8 cm³/mol. The molecule has 2 aromatic rings. The molecule has 2 rings (SSSR count). The minimum atomic E-state index is -6.12. The van der Waals surface area contributed by atoms with Crippen LogP contribution in [0.25, 0.3) is 16.8 Å². The van der Waals surface area contributed by atoms with Crippen LogP contribution in [-0.4, -0.2) is 37.4 Å². The van der Waals surface area contributed by atoms with Gasteiger partial charge in [0.15, 0.2) is 10.1 Å². The zero-order valence-corrected chi connectivity index (χ0v) is 14.3. The van der Waals surface area contributed by atoms with Crippen LogP contribution in [0.1, 0.15) is 12.0 Å². The van der Waals surface area contributed by atoms with E-state index in [2.05, 4.69) is 11.3 Å². The maximum absolute atomic E-state index is 12.9. The summed E-state index contributed by atoms with van der Waals surface area (Å²) in [5, 5.41) is -3.36. The van der Waals surface area contributed by atoms with Gasteiger partial charge in [-0.25, -0.2) is 13.2 Å². The quantitative estimate of drug-likeness (QED) is 0.394. The van der Waals surface area contributed by atoms with Crippen molar-refractivity contribution in [3.8, 4) is 5.75 Å². The molecule has 0 bridgehead atoms. The summed E-state index contributed by atoms with van der Waals surface area (Å²) >= 11 is 0. The van der Waals surface area contributed by atoms with Gasteiger partial charge in [0.2, 0.25) is 0 Å². The molecular weight excluding hydrogens is 370 g/mol. The van der Waals surface area contributed by atoms with Crippen LogP contribution in [0.15, 0.2) is 43.0 Å². The van der Waals surface area contributed by atoms with E-state index in [1.54, 1.807) is 18.2 Å². The molecule has 0 atom stereocenters. The van der Waals surface area contributed by atoms with Gasteiger partial charge in [-0.05, 0) is 17.0 Å². The van der Waals surface area contributed by atoms with Crippen molar-refractivity contribution in [3.05, 3.63) is 48.5 Å². The van der Waals surface area contributed by atoms with Crippen molar-refractivity contribution in [1.29, 1.82) is 0 Å². The molecule has 0 aliphatic carbocycles. The van der Waals surface area contributed by atoms with Crippen LogP contribution in [0.3, 0.4) is 0 Å². The highest BCUT2D eigenvalue weighted by Crippen LogP contribution is 2.28. The number of hydrogen-bond acceptors (Lipinski definition) is 6. The van der Waals surface area contributed by atoms with Crippen LogP contribution in [0.2, 0.25) is 0 Å². The van der Waals surface area contributed by atoms with Crippen molar-refractivity contribution >= 4 is 32.9 Å². The molecule has 0 amide bonds. The molecule has 9 heteroatoms. The minimum absolute atomic E-state index is 0.0261. The van der Waals surface area contributed by atoms with Gasteiger partial charge >= 0.3 is 11.2 Å². The predicted octanol–water partition coefficient (Wildman–Crippen LogP) is 2.93. The maximum Gasteiger partial charge on any atom is 0.428 e. The summed E-state index contributed by atoms with van der Waals surface area (Å²) in [4.78, 5) is 11.0. The van der Waals surface area contributed by atoms with Crippen molar-refractivity contribution in [2.24, 2.45) is 0 Å². The number of esters is 1. The number of halogens is 2. The summed E-state index contributed by atoms with van der Waals surface area (Å²) in [6.45, 7) is 3.24. The molecule has 140 valence electrons. The van der Waals surface area contributed by atoms with Crippen molar-refractivity contribution < 1.29 is 36.0 Å². The molecule has 0 aromatic heterocycles.